The molecule has 26 heavy (non-hydrogen) atoms. The molecule has 0 spiro atoms. The molecule has 138 valence electrons. The quantitative estimate of drug-likeness (QED) is 0.530. The van der Waals surface area contributed by atoms with E-state index in [2.05, 4.69) is 15.9 Å². The van der Waals surface area contributed by atoms with Gasteiger partial charge in [-0.3, -0.25) is 0 Å². The van der Waals surface area contributed by atoms with Gasteiger partial charge in [0.1, 0.15) is 6.61 Å². The van der Waals surface area contributed by atoms with Gasteiger partial charge in [0.05, 0.1) is 15.7 Å². The Balaban J connectivity index is 1.87. The fraction of sp³-hybridized carbons (Fsp3) is 0.368. The van der Waals surface area contributed by atoms with Crippen molar-refractivity contribution in [3.8, 4) is 5.75 Å². The first-order valence-electron chi connectivity index (χ1n) is 8.32. The first-order chi connectivity index (χ1) is 12.1. The molecular formula is C19H20BBrF2O3. The molecular weight excluding hydrogens is 405 g/mol. The maximum atomic E-state index is 14.7. The molecule has 0 aromatic heterocycles. The maximum absolute atomic E-state index is 14.7. The van der Waals surface area contributed by atoms with Gasteiger partial charge in [0, 0.05) is 5.46 Å². The summed E-state index contributed by atoms with van der Waals surface area (Å²) in [6.45, 7) is 7.55. The summed E-state index contributed by atoms with van der Waals surface area (Å²) in [5.74, 6) is -2.28. The molecule has 1 heterocycles. The number of rotatable bonds is 4. The summed E-state index contributed by atoms with van der Waals surface area (Å²) in [4.78, 5) is 0. The molecule has 7 heteroatoms. The minimum absolute atomic E-state index is 0.0000797. The summed E-state index contributed by atoms with van der Waals surface area (Å²) < 4.78 is 46.7. The van der Waals surface area contributed by atoms with Crippen LogP contribution in [-0.2, 0) is 15.9 Å². The van der Waals surface area contributed by atoms with Crippen LogP contribution in [0, 0.1) is 11.6 Å². The van der Waals surface area contributed by atoms with Crippen LogP contribution in [0.4, 0.5) is 8.78 Å². The standard InChI is InChI=1S/C19H20BBrF2O3/c1-18(2)19(3,4)26-20(25-18)13-10-14(21)17(16(23)15(13)22)24-11-12-8-6-5-7-9-12/h5-10H,11H2,1-4H3. The number of hydrogen-bond donors (Lipinski definition) is 0. The molecule has 2 aromatic rings. The molecule has 1 fully saturated rings. The number of halogens is 3. The average molecular weight is 425 g/mol. The molecule has 0 atom stereocenters. The van der Waals surface area contributed by atoms with Gasteiger partial charge in [-0.25, -0.2) is 4.39 Å². The normalized spacial score (nSPS) is 18.2. The van der Waals surface area contributed by atoms with Crippen molar-refractivity contribution in [3.63, 3.8) is 0 Å². The van der Waals surface area contributed by atoms with E-state index in [-0.39, 0.29) is 17.8 Å². The van der Waals surface area contributed by atoms with E-state index in [0.717, 1.165) is 5.56 Å². The zero-order valence-corrected chi connectivity index (χ0v) is 16.7. The van der Waals surface area contributed by atoms with E-state index in [1.54, 1.807) is 0 Å². The second kappa shape index (κ2) is 6.95. The Morgan fingerprint density at radius 2 is 1.58 bits per heavy atom. The highest BCUT2D eigenvalue weighted by molar-refractivity contribution is 9.10. The summed E-state index contributed by atoms with van der Waals surface area (Å²) in [6, 6.07) is 10.7. The van der Waals surface area contributed by atoms with E-state index in [9.17, 15) is 8.78 Å². The van der Waals surface area contributed by atoms with E-state index in [1.807, 2.05) is 58.0 Å². The third kappa shape index (κ3) is 3.52. The van der Waals surface area contributed by atoms with Crippen LogP contribution in [0.5, 0.6) is 5.75 Å². The molecule has 0 unspecified atom stereocenters. The van der Waals surface area contributed by atoms with Gasteiger partial charge in [-0.1, -0.05) is 30.3 Å². The third-order valence-corrected chi connectivity index (χ3v) is 5.47. The number of ether oxygens (including phenoxy) is 1. The highest BCUT2D eigenvalue weighted by Gasteiger charge is 2.52. The molecule has 0 N–H and O–H groups in total. The Kier molecular flexibility index (Phi) is 5.16. The molecule has 2 aromatic carbocycles. The highest BCUT2D eigenvalue weighted by atomic mass is 79.9. The summed E-state index contributed by atoms with van der Waals surface area (Å²) in [6.07, 6.45) is 0. The topological polar surface area (TPSA) is 27.7 Å². The SMILES string of the molecule is CC1(C)OB(c2cc(Br)c(OCc3ccccc3)c(F)c2F)OC1(C)C. The van der Waals surface area contributed by atoms with Crippen molar-refractivity contribution in [2.45, 2.75) is 45.5 Å². The summed E-state index contributed by atoms with van der Waals surface area (Å²) in [5, 5.41) is 0. The lowest BCUT2D eigenvalue weighted by molar-refractivity contribution is 0.00578. The molecule has 1 saturated heterocycles. The van der Waals surface area contributed by atoms with E-state index in [0.29, 0.717) is 4.47 Å². The van der Waals surface area contributed by atoms with Crippen LogP contribution in [-0.4, -0.2) is 18.3 Å². The van der Waals surface area contributed by atoms with Gasteiger partial charge in [-0.2, -0.15) is 4.39 Å². The van der Waals surface area contributed by atoms with Gasteiger partial charge in [0.2, 0.25) is 5.82 Å². The molecule has 0 bridgehead atoms. The highest BCUT2D eigenvalue weighted by Crippen LogP contribution is 2.38. The van der Waals surface area contributed by atoms with Crippen molar-refractivity contribution < 1.29 is 22.8 Å². The lowest BCUT2D eigenvalue weighted by Crippen LogP contribution is -2.41. The third-order valence-electron chi connectivity index (χ3n) is 4.88. The van der Waals surface area contributed by atoms with Crippen molar-refractivity contribution in [1.29, 1.82) is 0 Å². The first kappa shape index (κ1) is 19.3. The molecule has 3 nitrogen and oxygen atoms in total. The molecule has 1 aliphatic rings. The Hall–Kier alpha value is -1.44. The van der Waals surface area contributed by atoms with E-state index < -0.39 is 30.0 Å². The zero-order chi connectivity index (χ0) is 19.1. The van der Waals surface area contributed by atoms with E-state index >= 15 is 0 Å². The van der Waals surface area contributed by atoms with E-state index in [1.165, 1.54) is 6.07 Å². The Morgan fingerprint density at radius 3 is 2.15 bits per heavy atom. The second-order valence-corrected chi connectivity index (χ2v) is 8.12. The zero-order valence-electron chi connectivity index (χ0n) is 15.1. The summed E-state index contributed by atoms with van der Waals surface area (Å²) >= 11 is 3.27. The van der Waals surface area contributed by atoms with Crippen molar-refractivity contribution in [3.05, 3.63) is 58.1 Å². The van der Waals surface area contributed by atoms with Crippen LogP contribution in [0.3, 0.4) is 0 Å². The predicted octanol–water partition coefficient (Wildman–Crippen LogP) is 4.61. The van der Waals surface area contributed by atoms with Gasteiger partial charge >= 0.3 is 7.12 Å². The van der Waals surface area contributed by atoms with Crippen molar-refractivity contribution in [1.82, 2.24) is 0 Å². The molecule has 0 radical (unpaired) electrons. The monoisotopic (exact) mass is 424 g/mol. The maximum Gasteiger partial charge on any atom is 0.498 e. The fourth-order valence-corrected chi connectivity index (χ4v) is 3.14. The van der Waals surface area contributed by atoms with Crippen LogP contribution >= 0.6 is 15.9 Å². The lowest BCUT2D eigenvalue weighted by Gasteiger charge is -2.32. The summed E-state index contributed by atoms with van der Waals surface area (Å²) in [5.41, 5.74) is -0.431. The van der Waals surface area contributed by atoms with Crippen molar-refractivity contribution in [2.75, 3.05) is 0 Å². The van der Waals surface area contributed by atoms with Gasteiger partial charge in [-0.15, -0.1) is 0 Å². The Bertz CT molecular complexity index is 796. The Morgan fingerprint density at radius 1 is 1.00 bits per heavy atom. The van der Waals surface area contributed by atoms with Gasteiger partial charge in [0.25, 0.3) is 0 Å². The minimum atomic E-state index is -1.07. The van der Waals surface area contributed by atoms with E-state index in [4.69, 9.17) is 14.0 Å². The van der Waals surface area contributed by atoms with Crippen LogP contribution in [0.2, 0.25) is 0 Å². The van der Waals surface area contributed by atoms with Gasteiger partial charge in [-0.05, 0) is 55.3 Å². The largest absolute Gasteiger partial charge is 0.498 e. The van der Waals surface area contributed by atoms with Crippen LogP contribution in [0.1, 0.15) is 33.3 Å². The second-order valence-electron chi connectivity index (χ2n) is 7.27. The minimum Gasteiger partial charge on any atom is -0.485 e. The van der Waals surface area contributed by atoms with Gasteiger partial charge in [0.15, 0.2) is 11.6 Å². The average Bonchev–Trinajstić information content (AvgIpc) is 2.79. The molecule has 1 aliphatic heterocycles. The van der Waals surface area contributed by atoms with Crippen molar-refractivity contribution in [2.24, 2.45) is 0 Å². The smallest absolute Gasteiger partial charge is 0.485 e. The fourth-order valence-electron chi connectivity index (χ4n) is 2.60. The summed E-state index contributed by atoms with van der Waals surface area (Å²) in [7, 11) is -0.992. The van der Waals surface area contributed by atoms with Crippen molar-refractivity contribution >= 4 is 28.5 Å². The van der Waals surface area contributed by atoms with Gasteiger partial charge < -0.3 is 14.0 Å². The Labute approximate surface area is 160 Å². The molecule has 0 amide bonds. The number of benzene rings is 2. The van der Waals surface area contributed by atoms with Crippen LogP contribution < -0.4 is 10.2 Å². The van der Waals surface area contributed by atoms with Crippen LogP contribution in [0.15, 0.2) is 40.9 Å². The lowest BCUT2D eigenvalue weighted by atomic mass is 9.78. The predicted molar refractivity (Wildman–Crippen MR) is 101 cm³/mol. The first-order valence-corrected chi connectivity index (χ1v) is 9.11. The van der Waals surface area contributed by atoms with Crippen LogP contribution in [0.25, 0.3) is 0 Å². The molecule has 0 saturated carbocycles. The molecule has 3 rings (SSSR count). The number of hydrogen-bond acceptors (Lipinski definition) is 3. The molecule has 0 aliphatic carbocycles.